The van der Waals surface area contributed by atoms with Gasteiger partial charge in [0, 0.05) is 31.4 Å². The van der Waals surface area contributed by atoms with Gasteiger partial charge in [-0.1, -0.05) is 6.92 Å². The summed E-state index contributed by atoms with van der Waals surface area (Å²) in [6.45, 7) is 11.5. The maximum absolute atomic E-state index is 4.41. The van der Waals surface area contributed by atoms with E-state index >= 15 is 0 Å². The zero-order valence-electron chi connectivity index (χ0n) is 12.8. The molecule has 2 rings (SSSR count). The number of aryl methyl sites for hydroxylation is 2. The number of rotatable bonds is 6. The first-order chi connectivity index (χ1) is 9.06. The summed E-state index contributed by atoms with van der Waals surface area (Å²) in [6, 6.07) is 0.384. The van der Waals surface area contributed by atoms with Crippen molar-refractivity contribution in [2.45, 2.75) is 39.7 Å². The van der Waals surface area contributed by atoms with Crippen LogP contribution in [-0.4, -0.2) is 40.9 Å². The molecule has 1 aliphatic heterocycles. The fourth-order valence-corrected chi connectivity index (χ4v) is 3.00. The van der Waals surface area contributed by atoms with Gasteiger partial charge in [0.25, 0.3) is 0 Å². The van der Waals surface area contributed by atoms with Crippen LogP contribution in [0.1, 0.15) is 44.0 Å². The number of nitrogens with zero attached hydrogens (tertiary/aromatic N) is 3. The lowest BCUT2D eigenvalue weighted by molar-refractivity contribution is 0.279. The Hall–Kier alpha value is -0.870. The van der Waals surface area contributed by atoms with Crippen LogP contribution in [0.3, 0.4) is 0 Å². The molecule has 0 saturated carbocycles. The molecule has 1 fully saturated rings. The molecule has 0 aromatic carbocycles. The van der Waals surface area contributed by atoms with Gasteiger partial charge in [0.05, 0.1) is 5.69 Å². The Balaban J connectivity index is 1.76. The van der Waals surface area contributed by atoms with Crippen molar-refractivity contribution in [3.05, 3.63) is 17.5 Å². The van der Waals surface area contributed by atoms with Gasteiger partial charge < -0.3 is 10.2 Å². The normalized spacial score (nSPS) is 19.8. The minimum atomic E-state index is 0.384. The van der Waals surface area contributed by atoms with Gasteiger partial charge in [-0.3, -0.25) is 4.68 Å². The fourth-order valence-electron chi connectivity index (χ4n) is 3.00. The lowest BCUT2D eigenvalue weighted by Crippen LogP contribution is -2.32. The predicted molar refractivity (Wildman–Crippen MR) is 79.2 cm³/mol. The quantitative estimate of drug-likeness (QED) is 0.854. The zero-order valence-corrected chi connectivity index (χ0v) is 12.8. The zero-order chi connectivity index (χ0) is 13.8. The maximum atomic E-state index is 4.41. The molecular formula is C15H28N4. The summed E-state index contributed by atoms with van der Waals surface area (Å²) >= 11 is 0. The highest BCUT2D eigenvalue weighted by molar-refractivity contribution is 5.19. The third kappa shape index (κ3) is 4.05. The Bertz CT molecular complexity index is 393. The van der Waals surface area contributed by atoms with Crippen LogP contribution in [0.25, 0.3) is 0 Å². The first-order valence-corrected chi connectivity index (χ1v) is 7.52. The van der Waals surface area contributed by atoms with Crippen LogP contribution < -0.4 is 5.32 Å². The Labute approximate surface area is 117 Å². The van der Waals surface area contributed by atoms with Crippen molar-refractivity contribution in [2.75, 3.05) is 26.2 Å². The summed E-state index contributed by atoms with van der Waals surface area (Å²) < 4.78 is 1.90. The van der Waals surface area contributed by atoms with Gasteiger partial charge in [-0.25, -0.2) is 0 Å². The van der Waals surface area contributed by atoms with E-state index in [1.165, 1.54) is 38.0 Å². The molecule has 1 N–H and O–H groups in total. The van der Waals surface area contributed by atoms with Crippen molar-refractivity contribution in [1.82, 2.24) is 20.0 Å². The Kier molecular flexibility index (Phi) is 4.99. The van der Waals surface area contributed by atoms with Crippen LogP contribution in [-0.2, 0) is 7.05 Å². The van der Waals surface area contributed by atoms with Crippen LogP contribution in [0, 0.1) is 12.8 Å². The van der Waals surface area contributed by atoms with Crippen LogP contribution in [0.15, 0.2) is 6.20 Å². The van der Waals surface area contributed by atoms with Crippen LogP contribution in [0.5, 0.6) is 0 Å². The summed E-state index contributed by atoms with van der Waals surface area (Å²) in [6.07, 6.45) is 4.88. The van der Waals surface area contributed by atoms with E-state index in [2.05, 4.69) is 42.3 Å². The molecule has 1 aromatic rings. The number of nitrogens with one attached hydrogen (secondary N) is 1. The Morgan fingerprint density at radius 2 is 2.00 bits per heavy atom. The minimum absolute atomic E-state index is 0.384. The van der Waals surface area contributed by atoms with Gasteiger partial charge in [-0.05, 0) is 52.2 Å². The lowest BCUT2D eigenvalue weighted by atomic mass is 10.1. The van der Waals surface area contributed by atoms with Crippen LogP contribution in [0.4, 0.5) is 0 Å². The van der Waals surface area contributed by atoms with Crippen molar-refractivity contribution >= 4 is 0 Å². The molecule has 0 aliphatic carbocycles. The first-order valence-electron chi connectivity index (χ1n) is 7.52. The third-order valence-electron chi connectivity index (χ3n) is 4.06. The molecule has 0 bridgehead atoms. The van der Waals surface area contributed by atoms with E-state index in [0.717, 1.165) is 12.2 Å². The van der Waals surface area contributed by atoms with E-state index in [0.29, 0.717) is 12.0 Å². The molecule has 19 heavy (non-hydrogen) atoms. The summed E-state index contributed by atoms with van der Waals surface area (Å²) in [4.78, 5) is 2.59. The highest BCUT2D eigenvalue weighted by Crippen LogP contribution is 2.16. The number of likely N-dealkylation sites (tertiary alicyclic amines) is 1. The van der Waals surface area contributed by atoms with E-state index in [1.807, 2.05) is 11.7 Å². The predicted octanol–water partition coefficient (Wildman–Crippen LogP) is 2.11. The van der Waals surface area contributed by atoms with E-state index in [4.69, 9.17) is 0 Å². The van der Waals surface area contributed by atoms with Crippen molar-refractivity contribution in [1.29, 1.82) is 0 Å². The largest absolute Gasteiger partial charge is 0.310 e. The average molecular weight is 264 g/mol. The molecule has 2 heterocycles. The van der Waals surface area contributed by atoms with Gasteiger partial charge in [-0.2, -0.15) is 5.10 Å². The van der Waals surface area contributed by atoms with E-state index in [1.54, 1.807) is 0 Å². The molecule has 2 atom stereocenters. The summed E-state index contributed by atoms with van der Waals surface area (Å²) in [5, 5.41) is 8.06. The monoisotopic (exact) mass is 264 g/mol. The Morgan fingerprint density at radius 1 is 1.32 bits per heavy atom. The Morgan fingerprint density at radius 3 is 2.58 bits per heavy atom. The highest BCUT2D eigenvalue weighted by Gasteiger charge is 2.16. The second-order valence-electron chi connectivity index (χ2n) is 6.09. The van der Waals surface area contributed by atoms with Crippen molar-refractivity contribution in [3.8, 4) is 0 Å². The molecular weight excluding hydrogens is 236 g/mol. The van der Waals surface area contributed by atoms with Crippen LogP contribution >= 0.6 is 0 Å². The van der Waals surface area contributed by atoms with Gasteiger partial charge >= 0.3 is 0 Å². The second-order valence-corrected chi connectivity index (χ2v) is 6.09. The topological polar surface area (TPSA) is 33.1 Å². The molecule has 0 radical (unpaired) electrons. The fraction of sp³-hybridized carbons (Fsp3) is 0.800. The van der Waals surface area contributed by atoms with E-state index in [9.17, 15) is 0 Å². The van der Waals surface area contributed by atoms with Gasteiger partial charge in [0.2, 0.25) is 0 Å². The highest BCUT2D eigenvalue weighted by atomic mass is 15.3. The summed E-state index contributed by atoms with van der Waals surface area (Å²) in [7, 11) is 1.99. The second kappa shape index (κ2) is 6.53. The molecule has 4 nitrogen and oxygen atoms in total. The van der Waals surface area contributed by atoms with Crippen molar-refractivity contribution in [2.24, 2.45) is 13.0 Å². The molecule has 2 unspecified atom stereocenters. The third-order valence-corrected chi connectivity index (χ3v) is 4.06. The molecule has 1 aromatic heterocycles. The van der Waals surface area contributed by atoms with Crippen molar-refractivity contribution < 1.29 is 0 Å². The lowest BCUT2D eigenvalue weighted by Gasteiger charge is -2.22. The smallest absolute Gasteiger partial charge is 0.0641 e. The van der Waals surface area contributed by atoms with E-state index in [-0.39, 0.29) is 0 Å². The maximum Gasteiger partial charge on any atom is 0.0641 e. The molecule has 0 amide bonds. The van der Waals surface area contributed by atoms with Crippen LogP contribution in [0.2, 0.25) is 0 Å². The minimum Gasteiger partial charge on any atom is -0.310 e. The van der Waals surface area contributed by atoms with E-state index < -0.39 is 0 Å². The molecule has 1 saturated heterocycles. The van der Waals surface area contributed by atoms with Crippen molar-refractivity contribution in [3.63, 3.8) is 0 Å². The van der Waals surface area contributed by atoms with Gasteiger partial charge in [0.1, 0.15) is 0 Å². The number of hydrogen-bond donors (Lipinski definition) is 1. The summed E-state index contributed by atoms with van der Waals surface area (Å²) in [5.41, 5.74) is 2.45. The molecule has 4 heteroatoms. The average Bonchev–Trinajstić information content (AvgIpc) is 2.96. The van der Waals surface area contributed by atoms with Gasteiger partial charge in [0.15, 0.2) is 0 Å². The standard InChI is InChI=1S/C15H28N4/c1-12(10-19-7-5-6-8-19)9-16-13(2)15-11-18(4)17-14(15)3/h11-13,16H,5-10H2,1-4H3. The molecule has 1 aliphatic rings. The number of aromatic nitrogens is 2. The van der Waals surface area contributed by atoms with Gasteiger partial charge in [-0.15, -0.1) is 0 Å². The number of hydrogen-bond acceptors (Lipinski definition) is 3. The molecule has 0 spiro atoms. The SMILES string of the molecule is Cc1nn(C)cc1C(C)NCC(C)CN1CCCC1. The first kappa shape index (κ1) is 14.5. The summed E-state index contributed by atoms with van der Waals surface area (Å²) in [5.74, 6) is 0.706. The molecule has 108 valence electrons.